The minimum absolute atomic E-state index is 0.250. The van der Waals surface area contributed by atoms with Crippen molar-refractivity contribution < 1.29 is 14.6 Å². The maximum atomic E-state index is 8.36. The summed E-state index contributed by atoms with van der Waals surface area (Å²) in [6, 6.07) is 5.86. The lowest BCUT2D eigenvalue weighted by molar-refractivity contribution is -0.122. The zero-order valence-electron chi connectivity index (χ0n) is 12.8. The first-order valence-corrected chi connectivity index (χ1v) is 7.45. The van der Waals surface area contributed by atoms with Crippen LogP contribution < -0.4 is 4.74 Å². The number of methoxy groups -OCH3 is 1. The number of imidazole rings is 1. The molecule has 0 spiro atoms. The Morgan fingerprint density at radius 3 is 2.77 bits per heavy atom. The maximum absolute atomic E-state index is 8.36. The van der Waals surface area contributed by atoms with Crippen molar-refractivity contribution in [2.24, 2.45) is 0 Å². The van der Waals surface area contributed by atoms with Crippen LogP contribution in [-0.2, 0) is 17.6 Å². The fourth-order valence-corrected chi connectivity index (χ4v) is 2.29. The Bertz CT molecular complexity index is 585. The van der Waals surface area contributed by atoms with Gasteiger partial charge in [-0.05, 0) is 24.1 Å². The Balaban J connectivity index is 0.000000745. The fourth-order valence-electron chi connectivity index (χ4n) is 2.01. The molecule has 22 heavy (non-hydrogen) atoms. The monoisotopic (exact) mass is 324 g/mol. The topological polar surface area (TPSA) is 75.2 Å². The molecule has 0 unspecified atom stereocenters. The molecule has 0 saturated carbocycles. The first-order chi connectivity index (χ1) is 10.6. The van der Waals surface area contributed by atoms with Gasteiger partial charge in [0.1, 0.15) is 11.6 Å². The highest BCUT2D eigenvalue weighted by atomic mass is 35.5. The van der Waals surface area contributed by atoms with E-state index in [9.17, 15) is 0 Å². The summed E-state index contributed by atoms with van der Waals surface area (Å²) in [4.78, 5) is 16.1. The number of carboxylic acid groups (broad SMARTS) is 1. The van der Waals surface area contributed by atoms with E-state index >= 15 is 0 Å². The molecule has 0 atom stereocenters. The highest BCUT2D eigenvalue weighted by Crippen LogP contribution is 2.25. The number of nitrogens with zero attached hydrogens (tertiary/aromatic N) is 1. The lowest BCUT2D eigenvalue weighted by atomic mass is 10.1. The van der Waals surface area contributed by atoms with Gasteiger partial charge in [-0.15, -0.1) is 0 Å². The molecule has 0 bridgehead atoms. The molecule has 0 amide bonds. The van der Waals surface area contributed by atoms with E-state index in [-0.39, 0.29) is 6.47 Å². The van der Waals surface area contributed by atoms with E-state index in [0.717, 1.165) is 29.9 Å². The fraction of sp³-hybridized carbons (Fsp3) is 0.375. The number of carbonyl (C=O) groups is 1. The van der Waals surface area contributed by atoms with Crippen LogP contribution in [0.5, 0.6) is 5.75 Å². The Kier molecular flexibility index (Phi) is 8.07. The quantitative estimate of drug-likeness (QED) is 0.794. The highest BCUT2D eigenvalue weighted by molar-refractivity contribution is 6.32. The van der Waals surface area contributed by atoms with Crippen LogP contribution in [0.3, 0.4) is 0 Å². The molecule has 0 radical (unpaired) electrons. The van der Waals surface area contributed by atoms with Gasteiger partial charge in [-0.2, -0.15) is 0 Å². The smallest absolute Gasteiger partial charge is 0.290 e. The molecule has 0 aliphatic carbocycles. The lowest BCUT2D eigenvalue weighted by Crippen LogP contribution is -1.92. The van der Waals surface area contributed by atoms with E-state index < -0.39 is 0 Å². The molecule has 2 N–H and O–H groups in total. The third kappa shape index (κ3) is 5.77. The summed E-state index contributed by atoms with van der Waals surface area (Å²) >= 11 is 6.12. The van der Waals surface area contributed by atoms with Crippen LogP contribution in [0, 0.1) is 0 Å². The Morgan fingerprint density at radius 1 is 1.45 bits per heavy atom. The molecule has 120 valence electrons. The Hall–Kier alpha value is -2.01. The third-order valence-corrected chi connectivity index (χ3v) is 3.35. The summed E-state index contributed by atoms with van der Waals surface area (Å²) in [6.45, 7) is 1.93. The Morgan fingerprint density at radius 2 is 2.18 bits per heavy atom. The van der Waals surface area contributed by atoms with Gasteiger partial charge in [0, 0.05) is 24.7 Å². The number of aryl methyl sites for hydroxylation is 1. The van der Waals surface area contributed by atoms with E-state index in [1.807, 2.05) is 24.4 Å². The van der Waals surface area contributed by atoms with Crippen LogP contribution in [-0.4, -0.2) is 28.7 Å². The number of hydrogen-bond donors (Lipinski definition) is 2. The van der Waals surface area contributed by atoms with Gasteiger partial charge in [0.15, 0.2) is 0 Å². The lowest BCUT2D eigenvalue weighted by Gasteiger charge is -2.05. The van der Waals surface area contributed by atoms with Crippen LogP contribution >= 0.6 is 11.6 Å². The molecule has 2 aromatic rings. The number of aromatic amines is 1. The van der Waals surface area contributed by atoms with E-state index in [2.05, 4.69) is 16.9 Å². The van der Waals surface area contributed by atoms with E-state index in [1.54, 1.807) is 7.11 Å². The average molecular weight is 325 g/mol. The van der Waals surface area contributed by atoms with Gasteiger partial charge < -0.3 is 14.8 Å². The molecule has 6 heteroatoms. The SMILES string of the molecule is CCCCc1ncc(Cc2ccc(OC)c(Cl)c2)[nH]1.O=CO. The minimum Gasteiger partial charge on any atom is -0.495 e. The summed E-state index contributed by atoms with van der Waals surface area (Å²) in [7, 11) is 1.62. The number of benzene rings is 1. The molecule has 0 aliphatic rings. The minimum atomic E-state index is -0.250. The second kappa shape index (κ2) is 9.84. The van der Waals surface area contributed by atoms with Crippen molar-refractivity contribution in [1.29, 1.82) is 0 Å². The first-order valence-electron chi connectivity index (χ1n) is 7.07. The van der Waals surface area contributed by atoms with Crippen LogP contribution in [0.25, 0.3) is 0 Å². The number of halogens is 1. The maximum Gasteiger partial charge on any atom is 0.290 e. The van der Waals surface area contributed by atoms with Crippen molar-refractivity contribution >= 4 is 18.1 Å². The van der Waals surface area contributed by atoms with Crippen molar-refractivity contribution in [3.8, 4) is 5.75 Å². The zero-order valence-corrected chi connectivity index (χ0v) is 13.6. The molecule has 1 aromatic heterocycles. The number of rotatable bonds is 6. The predicted octanol–water partition coefficient (Wildman–Crippen LogP) is 3.71. The highest BCUT2D eigenvalue weighted by Gasteiger charge is 2.05. The summed E-state index contributed by atoms with van der Waals surface area (Å²) in [6.07, 6.45) is 6.08. The van der Waals surface area contributed by atoms with Crippen LogP contribution in [0.1, 0.15) is 36.8 Å². The zero-order chi connectivity index (χ0) is 16.4. The predicted molar refractivity (Wildman–Crippen MR) is 86.7 cm³/mol. The van der Waals surface area contributed by atoms with E-state index in [0.29, 0.717) is 10.8 Å². The number of unbranched alkanes of at least 4 members (excludes halogenated alkanes) is 1. The van der Waals surface area contributed by atoms with Crippen molar-refractivity contribution in [2.45, 2.75) is 32.6 Å². The Labute approximate surface area is 135 Å². The normalized spacial score (nSPS) is 9.77. The molecule has 1 aromatic carbocycles. The van der Waals surface area contributed by atoms with Gasteiger partial charge in [-0.1, -0.05) is 31.0 Å². The van der Waals surface area contributed by atoms with Gasteiger partial charge in [0.25, 0.3) is 6.47 Å². The van der Waals surface area contributed by atoms with Crippen molar-refractivity contribution in [3.05, 3.63) is 46.5 Å². The molecular formula is C16H21ClN2O3. The number of hydrogen-bond acceptors (Lipinski definition) is 3. The van der Waals surface area contributed by atoms with Crippen molar-refractivity contribution in [1.82, 2.24) is 9.97 Å². The molecular weight excluding hydrogens is 304 g/mol. The van der Waals surface area contributed by atoms with Gasteiger partial charge in [0.2, 0.25) is 0 Å². The molecule has 5 nitrogen and oxygen atoms in total. The van der Waals surface area contributed by atoms with Crippen molar-refractivity contribution in [3.63, 3.8) is 0 Å². The molecule has 0 fully saturated rings. The summed E-state index contributed by atoms with van der Waals surface area (Å²) < 4.78 is 5.15. The van der Waals surface area contributed by atoms with Gasteiger partial charge >= 0.3 is 0 Å². The first kappa shape index (κ1) is 18.0. The summed E-state index contributed by atoms with van der Waals surface area (Å²) in [5.41, 5.74) is 2.27. The number of aromatic nitrogens is 2. The molecule has 1 heterocycles. The van der Waals surface area contributed by atoms with Crippen LogP contribution in [0.4, 0.5) is 0 Å². The van der Waals surface area contributed by atoms with Gasteiger partial charge in [-0.3, -0.25) is 4.79 Å². The molecule has 0 aliphatic heterocycles. The number of H-pyrrole nitrogens is 1. The van der Waals surface area contributed by atoms with Gasteiger partial charge in [0.05, 0.1) is 12.1 Å². The standard InChI is InChI=1S/C15H19ClN2O.CH2O2/c1-3-4-5-15-17-10-12(18-15)8-11-6-7-14(19-2)13(16)9-11;2-1-3/h6-7,9-10H,3-5,8H2,1-2H3,(H,17,18);1H,(H,2,3). The van der Waals surface area contributed by atoms with E-state index in [1.165, 1.54) is 12.8 Å². The largest absolute Gasteiger partial charge is 0.495 e. The van der Waals surface area contributed by atoms with Crippen LogP contribution in [0.2, 0.25) is 5.02 Å². The number of ether oxygens (including phenoxy) is 1. The summed E-state index contributed by atoms with van der Waals surface area (Å²) in [5, 5.41) is 7.53. The third-order valence-electron chi connectivity index (χ3n) is 3.06. The average Bonchev–Trinajstić information content (AvgIpc) is 2.94. The van der Waals surface area contributed by atoms with Gasteiger partial charge in [-0.25, -0.2) is 4.98 Å². The molecule has 0 saturated heterocycles. The van der Waals surface area contributed by atoms with Crippen molar-refractivity contribution in [2.75, 3.05) is 7.11 Å². The van der Waals surface area contributed by atoms with Crippen LogP contribution in [0.15, 0.2) is 24.4 Å². The van der Waals surface area contributed by atoms with E-state index in [4.69, 9.17) is 26.2 Å². The second-order valence-corrected chi connectivity index (χ2v) is 5.12. The number of nitrogens with one attached hydrogen (secondary N) is 1. The molecule has 2 rings (SSSR count). The summed E-state index contributed by atoms with van der Waals surface area (Å²) in [5.74, 6) is 1.77. The second-order valence-electron chi connectivity index (χ2n) is 4.71.